The van der Waals surface area contributed by atoms with Gasteiger partial charge in [0.1, 0.15) is 5.75 Å². The van der Waals surface area contributed by atoms with Crippen molar-refractivity contribution in [3.05, 3.63) is 71.8 Å². The third-order valence-corrected chi connectivity index (χ3v) is 3.04. The number of hydrogen-bond donors (Lipinski definition) is 0. The molecule has 0 saturated heterocycles. The van der Waals surface area contributed by atoms with E-state index in [4.69, 9.17) is 9.47 Å². The first kappa shape index (κ1) is 16.5. The minimum Gasteiger partial charge on any atom is -0.481 e. The second-order valence-electron chi connectivity index (χ2n) is 4.70. The Morgan fingerprint density at radius 3 is 2.43 bits per heavy atom. The van der Waals surface area contributed by atoms with E-state index in [0.717, 1.165) is 5.56 Å². The summed E-state index contributed by atoms with van der Waals surface area (Å²) in [5.74, 6) is 0.00936. The number of para-hydroxylation sites is 1. The van der Waals surface area contributed by atoms with Crippen LogP contribution in [0.4, 0.5) is 0 Å². The van der Waals surface area contributed by atoms with Crippen molar-refractivity contribution in [3.63, 3.8) is 0 Å². The van der Waals surface area contributed by atoms with Crippen LogP contribution in [0.15, 0.2) is 60.7 Å². The van der Waals surface area contributed by atoms with Crippen molar-refractivity contribution in [2.45, 2.75) is 6.92 Å². The van der Waals surface area contributed by atoms with Crippen LogP contribution >= 0.6 is 0 Å². The number of esters is 1. The van der Waals surface area contributed by atoms with E-state index >= 15 is 0 Å². The van der Waals surface area contributed by atoms with Gasteiger partial charge in [0.15, 0.2) is 12.4 Å². The molecule has 118 valence electrons. The number of carbonyl (C=O) groups excluding carboxylic acids is 2. The van der Waals surface area contributed by atoms with Gasteiger partial charge in [-0.05, 0) is 25.1 Å². The van der Waals surface area contributed by atoms with Gasteiger partial charge in [-0.1, -0.05) is 48.5 Å². The lowest BCUT2D eigenvalue weighted by Gasteiger charge is -2.08. The number of hydrogen-bond acceptors (Lipinski definition) is 4. The summed E-state index contributed by atoms with van der Waals surface area (Å²) in [6.07, 6.45) is 3.16. The third kappa shape index (κ3) is 5.11. The van der Waals surface area contributed by atoms with Crippen LogP contribution in [0.3, 0.4) is 0 Å². The van der Waals surface area contributed by atoms with E-state index in [0.29, 0.717) is 17.9 Å². The van der Waals surface area contributed by atoms with E-state index < -0.39 is 5.97 Å². The van der Waals surface area contributed by atoms with E-state index in [2.05, 4.69) is 0 Å². The molecule has 4 heteroatoms. The zero-order chi connectivity index (χ0) is 16.5. The zero-order valence-electron chi connectivity index (χ0n) is 12.9. The van der Waals surface area contributed by atoms with Crippen LogP contribution in [0, 0.1) is 0 Å². The second kappa shape index (κ2) is 8.54. The fourth-order valence-electron chi connectivity index (χ4n) is 1.95. The lowest BCUT2D eigenvalue weighted by Crippen LogP contribution is -2.14. The van der Waals surface area contributed by atoms with Gasteiger partial charge >= 0.3 is 5.97 Å². The molecule has 0 atom stereocenters. The molecule has 0 bridgehead atoms. The number of rotatable bonds is 7. The van der Waals surface area contributed by atoms with Gasteiger partial charge in [-0.2, -0.15) is 0 Å². The molecule has 0 aliphatic heterocycles. The van der Waals surface area contributed by atoms with Gasteiger partial charge in [-0.25, -0.2) is 4.79 Å². The predicted octanol–water partition coefficient (Wildman–Crippen LogP) is 3.52. The third-order valence-electron chi connectivity index (χ3n) is 3.04. The molecular formula is C19H18O4. The van der Waals surface area contributed by atoms with Crippen molar-refractivity contribution < 1.29 is 19.1 Å². The summed E-state index contributed by atoms with van der Waals surface area (Å²) in [4.78, 5) is 23.4. The summed E-state index contributed by atoms with van der Waals surface area (Å²) in [6.45, 7) is 1.89. The van der Waals surface area contributed by atoms with Gasteiger partial charge in [-0.3, -0.25) is 4.79 Å². The van der Waals surface area contributed by atoms with Gasteiger partial charge in [0.25, 0.3) is 0 Å². The monoisotopic (exact) mass is 310 g/mol. The van der Waals surface area contributed by atoms with E-state index in [1.165, 1.54) is 6.08 Å². The van der Waals surface area contributed by atoms with Gasteiger partial charge in [0, 0.05) is 11.1 Å². The lowest BCUT2D eigenvalue weighted by atomic mass is 10.1. The number of carbonyl (C=O) groups is 2. The smallest absolute Gasteiger partial charge is 0.344 e. The molecule has 0 fully saturated rings. The van der Waals surface area contributed by atoms with Crippen molar-refractivity contribution >= 4 is 17.8 Å². The largest absolute Gasteiger partial charge is 0.481 e. The van der Waals surface area contributed by atoms with Crippen molar-refractivity contribution in [2.75, 3.05) is 13.2 Å². The molecule has 0 saturated carbocycles. The highest BCUT2D eigenvalue weighted by Crippen LogP contribution is 2.20. The summed E-state index contributed by atoms with van der Waals surface area (Å²) >= 11 is 0. The average molecular weight is 310 g/mol. The zero-order valence-corrected chi connectivity index (χ0v) is 12.9. The fraction of sp³-hybridized carbons (Fsp3) is 0.158. The second-order valence-corrected chi connectivity index (χ2v) is 4.70. The van der Waals surface area contributed by atoms with Crippen LogP contribution in [0.5, 0.6) is 5.75 Å². The molecule has 0 aliphatic carbocycles. The maximum absolute atomic E-state index is 12.1. The van der Waals surface area contributed by atoms with Crippen LogP contribution in [-0.2, 0) is 9.53 Å². The Morgan fingerprint density at radius 1 is 1.00 bits per heavy atom. The van der Waals surface area contributed by atoms with Crippen LogP contribution in [0.25, 0.3) is 6.08 Å². The van der Waals surface area contributed by atoms with Crippen LogP contribution in [0.2, 0.25) is 0 Å². The first-order valence-corrected chi connectivity index (χ1v) is 7.35. The number of ether oxygens (including phenoxy) is 2. The Hall–Kier alpha value is -2.88. The molecule has 0 aliphatic rings. The number of allylic oxidation sites excluding steroid dienone is 1. The van der Waals surface area contributed by atoms with Gasteiger partial charge in [0.2, 0.25) is 0 Å². The van der Waals surface area contributed by atoms with Crippen molar-refractivity contribution in [1.82, 2.24) is 0 Å². The minimum absolute atomic E-state index is 0.0919. The lowest BCUT2D eigenvalue weighted by molar-refractivity contribution is -0.145. The van der Waals surface area contributed by atoms with Gasteiger partial charge < -0.3 is 9.47 Å². The Morgan fingerprint density at radius 2 is 1.70 bits per heavy atom. The topological polar surface area (TPSA) is 52.6 Å². The van der Waals surface area contributed by atoms with Crippen LogP contribution in [0.1, 0.15) is 22.8 Å². The molecule has 0 heterocycles. The van der Waals surface area contributed by atoms with Crippen molar-refractivity contribution in [2.24, 2.45) is 0 Å². The normalized spacial score (nSPS) is 10.5. The van der Waals surface area contributed by atoms with Crippen molar-refractivity contribution in [3.8, 4) is 5.75 Å². The molecule has 2 rings (SSSR count). The summed E-state index contributed by atoms with van der Waals surface area (Å²) in [5.41, 5.74) is 1.34. The van der Waals surface area contributed by atoms with Gasteiger partial charge in [-0.15, -0.1) is 0 Å². The maximum atomic E-state index is 12.1. The first-order chi connectivity index (χ1) is 11.2. The average Bonchev–Trinajstić information content (AvgIpc) is 2.59. The molecular weight excluding hydrogens is 292 g/mol. The molecule has 2 aromatic rings. The molecule has 0 radical (unpaired) electrons. The summed E-state index contributed by atoms with van der Waals surface area (Å²) in [7, 11) is 0. The molecule has 0 spiro atoms. The van der Waals surface area contributed by atoms with E-state index in [1.807, 2.05) is 30.3 Å². The summed E-state index contributed by atoms with van der Waals surface area (Å²) < 4.78 is 10.3. The molecule has 0 unspecified atom stereocenters. The number of ketones is 1. The summed E-state index contributed by atoms with van der Waals surface area (Å²) in [6, 6.07) is 16.2. The Kier molecular flexibility index (Phi) is 6.12. The summed E-state index contributed by atoms with van der Waals surface area (Å²) in [5, 5.41) is 0. The molecule has 0 N–H and O–H groups in total. The van der Waals surface area contributed by atoms with E-state index in [9.17, 15) is 9.59 Å². The van der Waals surface area contributed by atoms with Crippen LogP contribution in [-0.4, -0.2) is 25.0 Å². The molecule has 0 amide bonds. The van der Waals surface area contributed by atoms with Crippen molar-refractivity contribution in [1.29, 1.82) is 0 Å². The highest BCUT2D eigenvalue weighted by atomic mass is 16.6. The first-order valence-electron chi connectivity index (χ1n) is 7.35. The fourth-order valence-corrected chi connectivity index (χ4v) is 1.95. The molecule has 4 nitrogen and oxygen atoms in total. The number of benzene rings is 2. The molecule has 2 aromatic carbocycles. The molecule has 0 aromatic heterocycles. The SMILES string of the molecule is CCOC(=O)COc1ccccc1C=CC(=O)c1ccccc1. The molecule has 23 heavy (non-hydrogen) atoms. The highest BCUT2D eigenvalue weighted by molar-refractivity contribution is 6.06. The quantitative estimate of drug-likeness (QED) is 0.446. The highest BCUT2D eigenvalue weighted by Gasteiger charge is 2.06. The van der Waals surface area contributed by atoms with E-state index in [1.54, 1.807) is 37.3 Å². The maximum Gasteiger partial charge on any atom is 0.344 e. The standard InChI is InChI=1S/C19H18O4/c1-2-22-19(21)14-23-18-11-7-6-10-16(18)12-13-17(20)15-8-4-3-5-9-15/h3-13H,2,14H2,1H3. The Labute approximate surface area is 135 Å². The van der Waals surface area contributed by atoms with Gasteiger partial charge in [0.05, 0.1) is 6.61 Å². The van der Waals surface area contributed by atoms with E-state index in [-0.39, 0.29) is 12.4 Å². The minimum atomic E-state index is -0.424. The van der Waals surface area contributed by atoms with Crippen LogP contribution < -0.4 is 4.74 Å². The predicted molar refractivity (Wildman–Crippen MR) is 88.4 cm³/mol. The Balaban J connectivity index is 2.06. The Bertz CT molecular complexity index is 690.